The number of aliphatic hydroxyl groups excluding tert-OH is 1. The van der Waals surface area contributed by atoms with Crippen LogP contribution in [0.2, 0.25) is 0 Å². The van der Waals surface area contributed by atoms with E-state index in [2.05, 4.69) is 0 Å². The summed E-state index contributed by atoms with van der Waals surface area (Å²) in [7, 11) is 0. The van der Waals surface area contributed by atoms with Crippen LogP contribution in [-0.2, 0) is 11.2 Å². The zero-order valence-electron chi connectivity index (χ0n) is 13.0. The van der Waals surface area contributed by atoms with Gasteiger partial charge in [0.1, 0.15) is 5.82 Å². The maximum absolute atomic E-state index is 13.1. The summed E-state index contributed by atoms with van der Waals surface area (Å²) in [5.41, 5.74) is 2.19. The highest BCUT2D eigenvalue weighted by atomic mass is 19.1. The Morgan fingerprint density at radius 1 is 1.21 bits per heavy atom. The van der Waals surface area contributed by atoms with Gasteiger partial charge in [-0.2, -0.15) is 5.26 Å². The smallest absolute Gasteiger partial charge is 0.227 e. The van der Waals surface area contributed by atoms with Crippen LogP contribution in [0.25, 0.3) is 0 Å². The number of β-amino-alcohol motifs (C(OH)–C–C–N with tert-alkyl or cyclic N) is 1. The third-order valence-corrected chi connectivity index (χ3v) is 4.29. The Morgan fingerprint density at radius 2 is 1.88 bits per heavy atom. The van der Waals surface area contributed by atoms with Crippen molar-refractivity contribution in [3.63, 3.8) is 0 Å². The molecule has 1 saturated heterocycles. The molecule has 0 aliphatic carbocycles. The van der Waals surface area contributed by atoms with E-state index in [-0.39, 0.29) is 30.7 Å². The predicted octanol–water partition coefficient (Wildman–Crippen LogP) is 2.57. The Morgan fingerprint density at radius 3 is 2.50 bits per heavy atom. The van der Waals surface area contributed by atoms with Gasteiger partial charge in [-0.25, -0.2) is 4.39 Å². The van der Waals surface area contributed by atoms with E-state index in [9.17, 15) is 14.3 Å². The van der Waals surface area contributed by atoms with Gasteiger partial charge in [0, 0.05) is 6.54 Å². The number of likely N-dealkylation sites (tertiary alicyclic amines) is 1. The Kier molecular flexibility index (Phi) is 4.59. The van der Waals surface area contributed by atoms with Crippen LogP contribution in [0.5, 0.6) is 0 Å². The van der Waals surface area contributed by atoms with E-state index in [1.165, 1.54) is 12.1 Å². The Bertz CT molecular complexity index is 765. The number of hydrogen-bond acceptors (Lipinski definition) is 3. The van der Waals surface area contributed by atoms with Crippen molar-refractivity contribution >= 4 is 5.91 Å². The van der Waals surface area contributed by atoms with Crippen LogP contribution in [-0.4, -0.2) is 28.6 Å². The summed E-state index contributed by atoms with van der Waals surface area (Å²) >= 11 is 0. The highest BCUT2D eigenvalue weighted by molar-refractivity contribution is 5.79. The number of nitriles is 1. The number of amides is 1. The molecular weight excluding hydrogens is 307 g/mol. The molecule has 3 rings (SSSR count). The number of halogens is 1. The number of carbonyl (C=O) groups is 1. The summed E-state index contributed by atoms with van der Waals surface area (Å²) < 4.78 is 13.1. The lowest BCUT2D eigenvalue weighted by Crippen LogP contribution is -2.33. The second-order valence-corrected chi connectivity index (χ2v) is 5.99. The first kappa shape index (κ1) is 16.2. The molecule has 1 aliphatic rings. The maximum atomic E-state index is 13.1. The van der Waals surface area contributed by atoms with Gasteiger partial charge in [0.2, 0.25) is 5.91 Å². The third kappa shape index (κ3) is 3.44. The molecule has 2 aromatic carbocycles. The molecule has 2 unspecified atom stereocenters. The van der Waals surface area contributed by atoms with Gasteiger partial charge >= 0.3 is 0 Å². The summed E-state index contributed by atoms with van der Waals surface area (Å²) in [5, 5.41) is 18.8. The number of nitrogens with zero attached hydrogens (tertiary/aromatic N) is 2. The summed E-state index contributed by atoms with van der Waals surface area (Å²) in [6.07, 6.45) is 0.0749. The van der Waals surface area contributed by atoms with Crippen molar-refractivity contribution in [2.45, 2.75) is 25.0 Å². The molecule has 1 heterocycles. The molecule has 2 aromatic rings. The fourth-order valence-electron chi connectivity index (χ4n) is 3.06. The maximum Gasteiger partial charge on any atom is 0.227 e. The van der Waals surface area contributed by atoms with Crippen LogP contribution in [0.3, 0.4) is 0 Å². The standard InChI is InChI=1S/C19H17FN2O2/c20-16-7-5-15(6-8-16)18-10-17(23)12-22(18)19(24)9-13-1-3-14(11-21)4-2-13/h1-8,17-18,23H,9-10,12H2. The van der Waals surface area contributed by atoms with E-state index in [4.69, 9.17) is 5.26 Å². The molecule has 0 spiro atoms. The fraction of sp³-hybridized carbons (Fsp3) is 0.263. The molecule has 122 valence electrons. The molecule has 4 nitrogen and oxygen atoms in total. The topological polar surface area (TPSA) is 64.3 Å². The Labute approximate surface area is 139 Å². The van der Waals surface area contributed by atoms with Crippen LogP contribution in [0.1, 0.15) is 29.2 Å². The monoisotopic (exact) mass is 324 g/mol. The Hall–Kier alpha value is -2.71. The van der Waals surface area contributed by atoms with Gasteiger partial charge in [-0.05, 0) is 41.8 Å². The third-order valence-electron chi connectivity index (χ3n) is 4.29. The van der Waals surface area contributed by atoms with Crippen LogP contribution >= 0.6 is 0 Å². The van der Waals surface area contributed by atoms with Crippen molar-refractivity contribution in [2.75, 3.05) is 6.54 Å². The highest BCUT2D eigenvalue weighted by Gasteiger charge is 2.35. The zero-order chi connectivity index (χ0) is 17.1. The van der Waals surface area contributed by atoms with Gasteiger partial charge in [0.05, 0.1) is 30.2 Å². The van der Waals surface area contributed by atoms with Crippen molar-refractivity contribution in [1.29, 1.82) is 5.26 Å². The van der Waals surface area contributed by atoms with E-state index in [1.54, 1.807) is 41.3 Å². The van der Waals surface area contributed by atoms with Crippen LogP contribution < -0.4 is 0 Å². The molecule has 1 fully saturated rings. The first-order valence-corrected chi connectivity index (χ1v) is 7.79. The zero-order valence-corrected chi connectivity index (χ0v) is 13.0. The van der Waals surface area contributed by atoms with Crippen molar-refractivity contribution in [3.05, 3.63) is 71.0 Å². The first-order valence-electron chi connectivity index (χ1n) is 7.79. The fourth-order valence-corrected chi connectivity index (χ4v) is 3.06. The highest BCUT2D eigenvalue weighted by Crippen LogP contribution is 2.32. The minimum atomic E-state index is -0.579. The van der Waals surface area contributed by atoms with Crippen molar-refractivity contribution in [1.82, 2.24) is 4.90 Å². The average Bonchev–Trinajstić information content (AvgIpc) is 2.98. The van der Waals surface area contributed by atoms with E-state index >= 15 is 0 Å². The first-order chi connectivity index (χ1) is 11.6. The van der Waals surface area contributed by atoms with E-state index < -0.39 is 6.10 Å². The molecule has 0 saturated carbocycles. The largest absolute Gasteiger partial charge is 0.391 e. The van der Waals surface area contributed by atoms with Gasteiger partial charge < -0.3 is 10.0 Å². The SMILES string of the molecule is N#Cc1ccc(CC(=O)N2CC(O)CC2c2ccc(F)cc2)cc1. The molecule has 1 amide bonds. The number of rotatable bonds is 3. The number of hydrogen-bond donors (Lipinski definition) is 1. The second kappa shape index (κ2) is 6.81. The number of benzene rings is 2. The number of carbonyl (C=O) groups excluding carboxylic acids is 1. The number of aliphatic hydroxyl groups is 1. The molecule has 2 atom stereocenters. The van der Waals surface area contributed by atoms with Gasteiger partial charge in [-0.3, -0.25) is 4.79 Å². The molecule has 1 N–H and O–H groups in total. The molecule has 0 aromatic heterocycles. The minimum absolute atomic E-state index is 0.0921. The van der Waals surface area contributed by atoms with Crippen molar-refractivity contribution in [3.8, 4) is 6.07 Å². The lowest BCUT2D eigenvalue weighted by molar-refractivity contribution is -0.131. The normalized spacial score (nSPS) is 20.0. The van der Waals surface area contributed by atoms with E-state index in [0.29, 0.717) is 12.0 Å². The van der Waals surface area contributed by atoms with Gasteiger partial charge in [0.15, 0.2) is 0 Å². The summed E-state index contributed by atoms with van der Waals surface area (Å²) in [6.45, 7) is 0.275. The van der Waals surface area contributed by atoms with Crippen molar-refractivity contribution in [2.24, 2.45) is 0 Å². The van der Waals surface area contributed by atoms with Crippen molar-refractivity contribution < 1.29 is 14.3 Å². The minimum Gasteiger partial charge on any atom is -0.391 e. The molecule has 1 aliphatic heterocycles. The summed E-state index contributed by atoms with van der Waals surface area (Å²) in [6, 6.07) is 14.7. The quantitative estimate of drug-likeness (QED) is 0.944. The molecule has 5 heteroatoms. The molecule has 0 radical (unpaired) electrons. The summed E-state index contributed by atoms with van der Waals surface area (Å²) in [5.74, 6) is -0.418. The van der Waals surface area contributed by atoms with Gasteiger partial charge in [-0.15, -0.1) is 0 Å². The lowest BCUT2D eigenvalue weighted by Gasteiger charge is -2.25. The summed E-state index contributed by atoms with van der Waals surface area (Å²) in [4.78, 5) is 14.3. The average molecular weight is 324 g/mol. The Balaban J connectivity index is 1.76. The van der Waals surface area contributed by atoms with Crippen LogP contribution in [0.15, 0.2) is 48.5 Å². The molecular formula is C19H17FN2O2. The molecule has 0 bridgehead atoms. The second-order valence-electron chi connectivity index (χ2n) is 5.99. The van der Waals surface area contributed by atoms with E-state index in [0.717, 1.165) is 11.1 Å². The van der Waals surface area contributed by atoms with Crippen LogP contribution in [0, 0.1) is 17.1 Å². The lowest BCUT2D eigenvalue weighted by atomic mass is 10.0. The molecule has 24 heavy (non-hydrogen) atoms. The van der Waals surface area contributed by atoms with Gasteiger partial charge in [-0.1, -0.05) is 24.3 Å². The van der Waals surface area contributed by atoms with Crippen LogP contribution in [0.4, 0.5) is 4.39 Å². The predicted molar refractivity (Wildman–Crippen MR) is 86.3 cm³/mol. The van der Waals surface area contributed by atoms with Gasteiger partial charge in [0.25, 0.3) is 0 Å². The van der Waals surface area contributed by atoms with E-state index in [1.807, 2.05) is 6.07 Å².